The number of benzene rings is 1. The van der Waals surface area contributed by atoms with E-state index in [4.69, 9.17) is 11.0 Å². The number of halogens is 1. The number of nitrogens with zero attached hydrogens (tertiary/aromatic N) is 3. The second-order valence-electron chi connectivity index (χ2n) is 6.59. The van der Waals surface area contributed by atoms with Gasteiger partial charge in [0.15, 0.2) is 5.17 Å². The number of hydrogen-bond acceptors (Lipinski definition) is 4. The van der Waals surface area contributed by atoms with Gasteiger partial charge >= 0.3 is 0 Å². The van der Waals surface area contributed by atoms with Crippen LogP contribution < -0.4 is 5.73 Å². The topological polar surface area (TPSA) is 65.4 Å². The van der Waals surface area contributed by atoms with E-state index >= 15 is 0 Å². The normalized spacial score (nSPS) is 15.3. The summed E-state index contributed by atoms with van der Waals surface area (Å²) in [6.45, 7) is 4.55. The molecule has 0 aliphatic carbocycles. The first-order valence-corrected chi connectivity index (χ1v) is 10.4. The lowest BCUT2D eigenvalue weighted by atomic mass is 10.1. The van der Waals surface area contributed by atoms with Gasteiger partial charge in [0.2, 0.25) is 0 Å². The first-order chi connectivity index (χ1) is 12.3. The Morgan fingerprint density at radius 1 is 1.12 bits per heavy atom. The van der Waals surface area contributed by atoms with Crippen LogP contribution in [0.25, 0.3) is 0 Å². The molecule has 1 aliphatic heterocycles. The van der Waals surface area contributed by atoms with Crippen LogP contribution in [0.5, 0.6) is 0 Å². The van der Waals surface area contributed by atoms with E-state index in [2.05, 4.69) is 16.0 Å². The van der Waals surface area contributed by atoms with Gasteiger partial charge in [-0.1, -0.05) is 30.3 Å². The Morgan fingerprint density at radius 3 is 2.54 bits per heavy atom. The van der Waals surface area contributed by atoms with Crippen molar-refractivity contribution >= 4 is 29.3 Å². The molecule has 2 rings (SSSR count). The fraction of sp³-hybridized carbons (Fsp3) is 0.600. The van der Waals surface area contributed by atoms with Gasteiger partial charge in [-0.2, -0.15) is 5.26 Å². The number of unbranched alkanes of at least 4 members (excludes halogenated alkanes) is 1. The molecular formula is C20H31ClN4S. The van der Waals surface area contributed by atoms with Crippen LogP contribution in [-0.2, 0) is 6.42 Å². The van der Waals surface area contributed by atoms with Crippen molar-refractivity contribution in [3.63, 3.8) is 0 Å². The van der Waals surface area contributed by atoms with Gasteiger partial charge in [0.1, 0.15) is 0 Å². The van der Waals surface area contributed by atoms with Crippen molar-refractivity contribution in [3.8, 4) is 6.07 Å². The number of piperidine rings is 1. The lowest BCUT2D eigenvalue weighted by Crippen LogP contribution is -2.30. The SMILES string of the molecule is Cl.N#Cc1ccc(CCCCN=C(N)SCCCN2CCCCC2)cc1. The summed E-state index contributed by atoms with van der Waals surface area (Å²) in [5.41, 5.74) is 7.99. The molecule has 1 heterocycles. The average Bonchev–Trinajstić information content (AvgIpc) is 2.66. The summed E-state index contributed by atoms with van der Waals surface area (Å²) in [5.74, 6) is 1.07. The molecule has 1 aromatic rings. The molecular weight excluding hydrogens is 364 g/mol. The van der Waals surface area contributed by atoms with E-state index in [1.807, 2.05) is 24.3 Å². The Balaban J connectivity index is 0.00000338. The van der Waals surface area contributed by atoms with Crippen LogP contribution in [0, 0.1) is 11.3 Å². The fourth-order valence-corrected chi connectivity index (χ4v) is 3.73. The summed E-state index contributed by atoms with van der Waals surface area (Å²) >= 11 is 1.69. The first kappa shape index (κ1) is 22.8. The van der Waals surface area contributed by atoms with Crippen LogP contribution in [-0.4, -0.2) is 42.0 Å². The summed E-state index contributed by atoms with van der Waals surface area (Å²) in [4.78, 5) is 7.04. The Morgan fingerprint density at radius 2 is 1.85 bits per heavy atom. The third kappa shape index (κ3) is 9.47. The molecule has 1 aliphatic rings. The van der Waals surface area contributed by atoms with E-state index in [9.17, 15) is 0 Å². The number of amidine groups is 1. The molecule has 0 atom stereocenters. The van der Waals surface area contributed by atoms with Gasteiger partial charge in [-0.25, -0.2) is 0 Å². The maximum atomic E-state index is 8.79. The monoisotopic (exact) mass is 394 g/mol. The molecule has 144 valence electrons. The molecule has 0 saturated carbocycles. The number of nitriles is 1. The number of aryl methyl sites for hydroxylation is 1. The summed E-state index contributed by atoms with van der Waals surface area (Å²) in [6, 6.07) is 9.98. The first-order valence-electron chi connectivity index (χ1n) is 9.42. The average molecular weight is 395 g/mol. The van der Waals surface area contributed by atoms with Crippen molar-refractivity contribution in [2.24, 2.45) is 10.7 Å². The number of nitrogens with two attached hydrogens (primary N) is 1. The molecule has 0 radical (unpaired) electrons. The van der Waals surface area contributed by atoms with Crippen molar-refractivity contribution in [2.75, 3.05) is 31.9 Å². The number of likely N-dealkylation sites (tertiary alicyclic amines) is 1. The zero-order valence-electron chi connectivity index (χ0n) is 15.5. The van der Waals surface area contributed by atoms with Crippen LogP contribution in [0.3, 0.4) is 0 Å². The quantitative estimate of drug-likeness (QED) is 0.386. The number of rotatable bonds is 9. The second kappa shape index (κ2) is 13.9. The number of thioether (sulfide) groups is 1. The van der Waals surface area contributed by atoms with Crippen LogP contribution in [0.2, 0.25) is 0 Å². The predicted octanol–water partition coefficient (Wildman–Crippen LogP) is 4.23. The molecule has 1 saturated heterocycles. The van der Waals surface area contributed by atoms with Crippen LogP contribution >= 0.6 is 24.2 Å². The number of aliphatic imine (C=N–C) groups is 1. The zero-order valence-corrected chi connectivity index (χ0v) is 17.2. The maximum absolute atomic E-state index is 8.79. The Bertz CT molecular complexity index is 562. The lowest BCUT2D eigenvalue weighted by Gasteiger charge is -2.26. The highest BCUT2D eigenvalue weighted by Crippen LogP contribution is 2.11. The molecule has 26 heavy (non-hydrogen) atoms. The second-order valence-corrected chi connectivity index (χ2v) is 7.71. The largest absolute Gasteiger partial charge is 0.379 e. The van der Waals surface area contributed by atoms with E-state index in [0.717, 1.165) is 42.3 Å². The standard InChI is InChI=1S/C20H30N4S.ClH/c21-17-19-10-8-18(9-11-19)7-2-3-12-23-20(22)25-16-6-15-24-13-4-1-5-14-24;/h8-11H,1-7,12-16H2,(H2,22,23);1H. The van der Waals surface area contributed by atoms with Gasteiger partial charge in [0.05, 0.1) is 11.6 Å². The van der Waals surface area contributed by atoms with Gasteiger partial charge in [-0.05, 0) is 75.9 Å². The molecule has 6 heteroatoms. The summed E-state index contributed by atoms with van der Waals surface area (Å²) in [6.07, 6.45) is 8.50. The van der Waals surface area contributed by atoms with Gasteiger partial charge in [-0.3, -0.25) is 4.99 Å². The van der Waals surface area contributed by atoms with E-state index in [1.54, 1.807) is 11.8 Å². The third-order valence-corrected chi connectivity index (χ3v) is 5.46. The highest BCUT2D eigenvalue weighted by Gasteiger charge is 2.08. The van der Waals surface area contributed by atoms with E-state index in [-0.39, 0.29) is 12.4 Å². The minimum atomic E-state index is 0. The van der Waals surface area contributed by atoms with Gasteiger partial charge in [0, 0.05) is 12.3 Å². The highest BCUT2D eigenvalue weighted by molar-refractivity contribution is 8.13. The molecule has 1 fully saturated rings. The summed E-state index contributed by atoms with van der Waals surface area (Å²) in [5, 5.41) is 9.52. The van der Waals surface area contributed by atoms with Gasteiger partial charge in [0.25, 0.3) is 0 Å². The summed E-state index contributed by atoms with van der Waals surface area (Å²) < 4.78 is 0. The molecule has 0 bridgehead atoms. The Kier molecular flexibility index (Phi) is 12.2. The molecule has 0 unspecified atom stereocenters. The van der Waals surface area contributed by atoms with Gasteiger partial charge in [-0.15, -0.1) is 12.4 Å². The zero-order chi connectivity index (χ0) is 17.7. The van der Waals surface area contributed by atoms with E-state index in [1.165, 1.54) is 50.9 Å². The van der Waals surface area contributed by atoms with Crippen molar-refractivity contribution in [3.05, 3.63) is 35.4 Å². The van der Waals surface area contributed by atoms with E-state index in [0.29, 0.717) is 0 Å². The minimum absolute atomic E-state index is 0. The minimum Gasteiger partial charge on any atom is -0.379 e. The van der Waals surface area contributed by atoms with Crippen molar-refractivity contribution < 1.29 is 0 Å². The molecule has 1 aromatic carbocycles. The fourth-order valence-electron chi connectivity index (χ4n) is 3.07. The lowest BCUT2D eigenvalue weighted by molar-refractivity contribution is 0.230. The number of hydrogen-bond donors (Lipinski definition) is 1. The molecule has 0 spiro atoms. The van der Waals surface area contributed by atoms with Crippen LogP contribution in [0.15, 0.2) is 29.3 Å². The Labute approximate surface area is 168 Å². The van der Waals surface area contributed by atoms with Crippen molar-refractivity contribution in [1.29, 1.82) is 5.26 Å². The van der Waals surface area contributed by atoms with Gasteiger partial charge < -0.3 is 10.6 Å². The van der Waals surface area contributed by atoms with Crippen LogP contribution in [0.4, 0.5) is 0 Å². The molecule has 2 N–H and O–H groups in total. The maximum Gasteiger partial charge on any atom is 0.153 e. The molecule has 0 aromatic heterocycles. The van der Waals surface area contributed by atoms with Crippen LogP contribution in [0.1, 0.15) is 49.7 Å². The van der Waals surface area contributed by atoms with Crippen molar-refractivity contribution in [2.45, 2.75) is 44.9 Å². The predicted molar refractivity (Wildman–Crippen MR) is 115 cm³/mol. The smallest absolute Gasteiger partial charge is 0.153 e. The Hall–Kier alpha value is -1.22. The van der Waals surface area contributed by atoms with E-state index < -0.39 is 0 Å². The molecule has 0 amide bonds. The molecule has 4 nitrogen and oxygen atoms in total. The summed E-state index contributed by atoms with van der Waals surface area (Å²) in [7, 11) is 0. The highest BCUT2D eigenvalue weighted by atomic mass is 35.5. The third-order valence-electron chi connectivity index (χ3n) is 4.54. The van der Waals surface area contributed by atoms with Crippen molar-refractivity contribution in [1.82, 2.24) is 4.90 Å².